The van der Waals surface area contributed by atoms with Crippen LogP contribution >= 0.6 is 22.9 Å². The van der Waals surface area contributed by atoms with Crippen molar-refractivity contribution in [2.45, 2.75) is 6.04 Å². The molecule has 1 heterocycles. The molecule has 6 heteroatoms. The first-order chi connectivity index (χ1) is 9.62. The van der Waals surface area contributed by atoms with Gasteiger partial charge < -0.3 is 19.9 Å². The first kappa shape index (κ1) is 15.0. The molecule has 1 aromatic heterocycles. The summed E-state index contributed by atoms with van der Waals surface area (Å²) in [5.74, 6) is 1.93. The molecule has 108 valence electrons. The maximum absolute atomic E-state index is 6.30. The van der Waals surface area contributed by atoms with E-state index in [9.17, 15) is 0 Å². The summed E-state index contributed by atoms with van der Waals surface area (Å²) >= 11 is 7.82. The number of nitrogens with two attached hydrogens (primary N) is 1. The molecule has 0 bridgehead atoms. The lowest BCUT2D eigenvalue weighted by molar-refractivity contribution is 0.354. The zero-order chi connectivity index (χ0) is 14.7. The van der Waals surface area contributed by atoms with Crippen LogP contribution in [0, 0.1) is 0 Å². The molecular weight excluding hydrogens is 298 g/mol. The van der Waals surface area contributed by atoms with Gasteiger partial charge >= 0.3 is 0 Å². The monoisotopic (exact) mass is 313 g/mol. The Balaban J connectivity index is 2.46. The van der Waals surface area contributed by atoms with E-state index in [0.29, 0.717) is 16.5 Å². The molecule has 0 saturated carbocycles. The van der Waals surface area contributed by atoms with Crippen molar-refractivity contribution in [2.24, 2.45) is 5.73 Å². The lowest BCUT2D eigenvalue weighted by Gasteiger charge is -2.17. The zero-order valence-corrected chi connectivity index (χ0v) is 13.0. The molecule has 1 aromatic carbocycles. The van der Waals surface area contributed by atoms with E-state index in [1.807, 2.05) is 11.4 Å². The average molecular weight is 314 g/mol. The van der Waals surface area contributed by atoms with Gasteiger partial charge in [-0.15, -0.1) is 11.3 Å². The topological polar surface area (TPSA) is 53.7 Å². The summed E-state index contributed by atoms with van der Waals surface area (Å²) < 4.78 is 15.8. The van der Waals surface area contributed by atoms with Crippen LogP contribution in [0.5, 0.6) is 17.2 Å². The standard InChI is InChI=1S/C14H16ClNO3S/c1-17-10-4-5-20-14(10)13(16)8-6-11(18-2)12(19-3)7-9(8)15/h4-7,13H,16H2,1-3H3. The molecular formula is C14H16ClNO3S. The van der Waals surface area contributed by atoms with E-state index in [1.54, 1.807) is 33.5 Å². The predicted molar refractivity (Wildman–Crippen MR) is 81.5 cm³/mol. The molecule has 0 aliphatic rings. The number of rotatable bonds is 5. The Hall–Kier alpha value is -1.43. The molecule has 1 atom stereocenters. The van der Waals surface area contributed by atoms with Gasteiger partial charge in [0.05, 0.1) is 32.2 Å². The highest BCUT2D eigenvalue weighted by Crippen LogP contribution is 2.40. The van der Waals surface area contributed by atoms with Crippen LogP contribution < -0.4 is 19.9 Å². The Morgan fingerprint density at radius 1 is 1.05 bits per heavy atom. The zero-order valence-electron chi connectivity index (χ0n) is 11.5. The highest BCUT2D eigenvalue weighted by atomic mass is 35.5. The minimum Gasteiger partial charge on any atom is -0.496 e. The second kappa shape index (κ2) is 6.35. The van der Waals surface area contributed by atoms with Crippen LogP contribution in [0.2, 0.25) is 5.02 Å². The largest absolute Gasteiger partial charge is 0.496 e. The van der Waals surface area contributed by atoms with Crippen molar-refractivity contribution in [2.75, 3.05) is 21.3 Å². The van der Waals surface area contributed by atoms with Crippen molar-refractivity contribution in [3.05, 3.63) is 39.0 Å². The lowest BCUT2D eigenvalue weighted by Crippen LogP contribution is -2.12. The molecule has 2 N–H and O–H groups in total. The van der Waals surface area contributed by atoms with Gasteiger partial charge in [0.2, 0.25) is 0 Å². The van der Waals surface area contributed by atoms with Crippen LogP contribution in [0.25, 0.3) is 0 Å². The Morgan fingerprint density at radius 2 is 1.65 bits per heavy atom. The van der Waals surface area contributed by atoms with Crippen molar-refractivity contribution in [1.29, 1.82) is 0 Å². The highest BCUT2D eigenvalue weighted by Gasteiger charge is 2.20. The van der Waals surface area contributed by atoms with Crippen LogP contribution in [-0.4, -0.2) is 21.3 Å². The highest BCUT2D eigenvalue weighted by molar-refractivity contribution is 7.10. The van der Waals surface area contributed by atoms with Gasteiger partial charge in [0, 0.05) is 11.1 Å². The summed E-state index contributed by atoms with van der Waals surface area (Å²) in [6.45, 7) is 0. The van der Waals surface area contributed by atoms with Gasteiger partial charge in [0.25, 0.3) is 0 Å². The molecule has 0 aliphatic heterocycles. The third kappa shape index (κ3) is 2.70. The van der Waals surface area contributed by atoms with Crippen LogP contribution in [0.15, 0.2) is 23.6 Å². The third-order valence-corrected chi connectivity index (χ3v) is 4.31. The minimum atomic E-state index is -0.378. The number of hydrogen-bond acceptors (Lipinski definition) is 5. The van der Waals surface area contributed by atoms with Gasteiger partial charge in [-0.25, -0.2) is 0 Å². The van der Waals surface area contributed by atoms with Gasteiger partial charge in [-0.1, -0.05) is 11.6 Å². The average Bonchev–Trinajstić information content (AvgIpc) is 2.94. The molecule has 2 rings (SSSR count). The van der Waals surface area contributed by atoms with Gasteiger partial charge in [-0.3, -0.25) is 0 Å². The van der Waals surface area contributed by atoms with Crippen LogP contribution in [-0.2, 0) is 0 Å². The number of benzene rings is 1. The molecule has 1 unspecified atom stereocenters. The van der Waals surface area contributed by atoms with E-state index >= 15 is 0 Å². The van der Waals surface area contributed by atoms with Crippen molar-refractivity contribution in [3.8, 4) is 17.2 Å². The number of hydrogen-bond donors (Lipinski definition) is 1. The summed E-state index contributed by atoms with van der Waals surface area (Å²) in [6, 6.07) is 5.01. The number of thiophene rings is 1. The molecule has 0 spiro atoms. The minimum absolute atomic E-state index is 0.378. The van der Waals surface area contributed by atoms with E-state index in [0.717, 1.165) is 16.2 Å². The van der Waals surface area contributed by atoms with E-state index in [1.165, 1.54) is 11.3 Å². The molecule has 4 nitrogen and oxygen atoms in total. The summed E-state index contributed by atoms with van der Waals surface area (Å²) in [7, 11) is 4.76. The number of ether oxygens (including phenoxy) is 3. The first-order valence-corrected chi connectivity index (χ1v) is 7.16. The summed E-state index contributed by atoms with van der Waals surface area (Å²) in [5, 5.41) is 2.47. The Kier molecular flexibility index (Phi) is 4.75. The summed E-state index contributed by atoms with van der Waals surface area (Å²) in [5.41, 5.74) is 7.07. The van der Waals surface area contributed by atoms with E-state index in [4.69, 9.17) is 31.5 Å². The molecule has 0 aliphatic carbocycles. The predicted octanol–water partition coefficient (Wildman–Crippen LogP) is 3.48. The first-order valence-electron chi connectivity index (χ1n) is 5.90. The smallest absolute Gasteiger partial charge is 0.162 e. The van der Waals surface area contributed by atoms with Crippen LogP contribution in [0.4, 0.5) is 0 Å². The Morgan fingerprint density at radius 3 is 2.25 bits per heavy atom. The van der Waals surface area contributed by atoms with Gasteiger partial charge in [0.15, 0.2) is 11.5 Å². The van der Waals surface area contributed by atoms with Crippen molar-refractivity contribution in [3.63, 3.8) is 0 Å². The third-order valence-electron chi connectivity index (χ3n) is 3.00. The van der Waals surface area contributed by atoms with Crippen LogP contribution in [0.1, 0.15) is 16.5 Å². The number of methoxy groups -OCH3 is 3. The lowest BCUT2D eigenvalue weighted by atomic mass is 10.0. The van der Waals surface area contributed by atoms with Crippen molar-refractivity contribution < 1.29 is 14.2 Å². The van der Waals surface area contributed by atoms with Crippen LogP contribution in [0.3, 0.4) is 0 Å². The second-order valence-corrected chi connectivity index (χ2v) is 5.41. The molecule has 0 amide bonds. The molecule has 0 saturated heterocycles. The van der Waals surface area contributed by atoms with E-state index < -0.39 is 0 Å². The Labute approximate surface area is 127 Å². The summed E-state index contributed by atoms with van der Waals surface area (Å²) in [6.07, 6.45) is 0. The maximum Gasteiger partial charge on any atom is 0.162 e. The normalized spacial score (nSPS) is 12.1. The molecule has 20 heavy (non-hydrogen) atoms. The molecule has 0 radical (unpaired) electrons. The quantitative estimate of drug-likeness (QED) is 0.918. The fraction of sp³-hybridized carbons (Fsp3) is 0.286. The van der Waals surface area contributed by atoms with Gasteiger partial charge in [0.1, 0.15) is 5.75 Å². The van der Waals surface area contributed by atoms with Gasteiger partial charge in [-0.05, 0) is 23.1 Å². The van der Waals surface area contributed by atoms with Crippen molar-refractivity contribution >= 4 is 22.9 Å². The fourth-order valence-corrected chi connectivity index (χ4v) is 3.10. The number of halogens is 1. The molecule has 2 aromatic rings. The SMILES string of the molecule is COc1cc(Cl)c(C(N)c2sccc2OC)cc1OC. The van der Waals surface area contributed by atoms with E-state index in [-0.39, 0.29) is 6.04 Å². The molecule has 0 fully saturated rings. The Bertz CT molecular complexity index is 600. The van der Waals surface area contributed by atoms with Gasteiger partial charge in [-0.2, -0.15) is 0 Å². The van der Waals surface area contributed by atoms with E-state index in [2.05, 4.69) is 0 Å². The second-order valence-electron chi connectivity index (χ2n) is 4.06. The van der Waals surface area contributed by atoms with Crippen molar-refractivity contribution in [1.82, 2.24) is 0 Å². The summed E-state index contributed by atoms with van der Waals surface area (Å²) in [4.78, 5) is 0.918. The maximum atomic E-state index is 6.30. The fourth-order valence-electron chi connectivity index (χ4n) is 1.95.